The van der Waals surface area contributed by atoms with Gasteiger partial charge in [0.2, 0.25) is 11.8 Å². The number of halogens is 3. The number of amides is 4. The number of nitrogens with zero attached hydrogens (tertiary/aromatic N) is 5. The van der Waals surface area contributed by atoms with Crippen molar-refractivity contribution in [3.8, 4) is 11.5 Å². The summed E-state index contributed by atoms with van der Waals surface area (Å²) in [5.74, 6) is -9.20. The van der Waals surface area contributed by atoms with Gasteiger partial charge in [0.1, 0.15) is 17.3 Å². The van der Waals surface area contributed by atoms with Crippen molar-refractivity contribution in [1.29, 1.82) is 0 Å². The van der Waals surface area contributed by atoms with Gasteiger partial charge in [-0.15, -0.1) is 23.2 Å². The number of aromatic hydroxyl groups is 1. The fourth-order valence-corrected chi connectivity index (χ4v) is 9.28. The van der Waals surface area contributed by atoms with Gasteiger partial charge in [-0.3, -0.25) is 39.4 Å². The number of hydrogen-bond donors (Lipinski definition) is 1. The Hall–Kier alpha value is -5.61. The van der Waals surface area contributed by atoms with Gasteiger partial charge in [0, 0.05) is 43.8 Å². The largest absolute Gasteiger partial charge is 0.508 e. The molecule has 0 radical (unpaired) electrons. The number of anilines is 3. The maximum Gasteiger partial charge on any atom is 0.301 e. The van der Waals surface area contributed by atoms with Gasteiger partial charge in [-0.1, -0.05) is 17.7 Å². The van der Waals surface area contributed by atoms with Gasteiger partial charge in [0.25, 0.3) is 11.8 Å². The summed E-state index contributed by atoms with van der Waals surface area (Å²) in [4.78, 5) is 78.0. The van der Waals surface area contributed by atoms with Crippen LogP contribution in [0.1, 0.15) is 24.3 Å². The number of alkyl halides is 2. The van der Waals surface area contributed by atoms with Gasteiger partial charge in [0.05, 0.1) is 40.2 Å². The van der Waals surface area contributed by atoms with E-state index in [2.05, 4.69) is 0 Å². The van der Waals surface area contributed by atoms with Crippen LogP contribution in [0.3, 0.4) is 0 Å². The van der Waals surface area contributed by atoms with E-state index in [1.54, 1.807) is 6.08 Å². The van der Waals surface area contributed by atoms with Crippen molar-refractivity contribution in [3.05, 3.63) is 97.9 Å². The number of ether oxygens (including phenoxy) is 1. The van der Waals surface area contributed by atoms with Crippen LogP contribution in [0.5, 0.6) is 11.5 Å². The van der Waals surface area contributed by atoms with Crippen LogP contribution in [0, 0.1) is 43.8 Å². The molecule has 2 heterocycles. The molecule has 3 fully saturated rings. The fourth-order valence-electron chi connectivity index (χ4n) is 8.35. The lowest BCUT2D eigenvalue weighted by molar-refractivity contribution is -0.392. The molecule has 3 aromatic rings. The third-order valence-electron chi connectivity index (χ3n) is 10.6. The van der Waals surface area contributed by atoms with Crippen molar-refractivity contribution in [2.24, 2.45) is 17.8 Å². The predicted molar refractivity (Wildman–Crippen MR) is 188 cm³/mol. The Bertz CT molecular complexity index is 2180. The summed E-state index contributed by atoms with van der Waals surface area (Å²) in [5.41, 5.74) is -1.85. The molecule has 0 spiro atoms. The third kappa shape index (κ3) is 4.91. The minimum absolute atomic E-state index is 0.0361. The molecule has 2 aliphatic heterocycles. The highest BCUT2D eigenvalue weighted by Gasteiger charge is 2.77. The Morgan fingerprint density at radius 3 is 2.06 bits per heavy atom. The van der Waals surface area contributed by atoms with E-state index in [0.717, 1.165) is 29.2 Å². The van der Waals surface area contributed by atoms with Crippen molar-refractivity contribution in [2.75, 3.05) is 35.9 Å². The molecule has 2 saturated heterocycles. The van der Waals surface area contributed by atoms with Crippen molar-refractivity contribution in [1.82, 2.24) is 0 Å². The van der Waals surface area contributed by atoms with Gasteiger partial charge in [-0.05, 0) is 49.1 Å². The summed E-state index contributed by atoms with van der Waals surface area (Å²) in [6, 6.07) is 10.5. The molecular weight excluding hydrogens is 740 g/mol. The monoisotopic (exact) mass is 767 g/mol. The summed E-state index contributed by atoms with van der Waals surface area (Å²) < 4.78 is 19.1. The Morgan fingerprint density at radius 2 is 1.51 bits per heavy atom. The van der Waals surface area contributed by atoms with Crippen LogP contribution in [0.4, 0.5) is 32.8 Å². The smallest absolute Gasteiger partial charge is 0.301 e. The molecule has 6 atom stereocenters. The zero-order valence-electron chi connectivity index (χ0n) is 28.0. The number of fused-ring (bicyclic) bond motifs is 4. The normalized spacial score (nSPS) is 27.6. The molecule has 274 valence electrons. The highest BCUT2D eigenvalue weighted by molar-refractivity contribution is 6.58. The molecule has 18 heteroatoms. The molecular formula is C35H28Cl2FN5O10. The van der Waals surface area contributed by atoms with Crippen LogP contribution < -0.4 is 19.4 Å². The van der Waals surface area contributed by atoms with Gasteiger partial charge in [0.15, 0.2) is 15.4 Å². The molecule has 2 aliphatic carbocycles. The van der Waals surface area contributed by atoms with E-state index in [9.17, 15) is 48.9 Å². The number of nitro benzene ring substituents is 2. The lowest BCUT2D eigenvalue weighted by atomic mass is 9.56. The van der Waals surface area contributed by atoms with E-state index >= 15 is 0 Å². The maximum atomic E-state index is 14.5. The first-order valence-corrected chi connectivity index (χ1v) is 16.8. The Morgan fingerprint density at radius 1 is 0.887 bits per heavy atom. The number of allylic oxidation sites excluding steroid dienone is 2. The number of carbonyl (C=O) groups excluding carboxylic acids is 4. The number of phenols is 1. The number of rotatable bonds is 7. The minimum atomic E-state index is -2.32. The molecule has 0 bridgehead atoms. The quantitative estimate of drug-likeness (QED) is 0.109. The van der Waals surface area contributed by atoms with Crippen LogP contribution >= 0.6 is 23.2 Å². The first-order chi connectivity index (χ1) is 25.0. The number of benzene rings is 3. The van der Waals surface area contributed by atoms with E-state index in [4.69, 9.17) is 27.9 Å². The Labute approximate surface area is 309 Å². The molecule has 1 N–H and O–H groups in total. The average molecular weight is 769 g/mol. The molecule has 6 unspecified atom stereocenters. The molecule has 1 saturated carbocycles. The average Bonchev–Trinajstić information content (AvgIpc) is 3.45. The summed E-state index contributed by atoms with van der Waals surface area (Å²) in [7, 11) is 4.11. The zero-order valence-corrected chi connectivity index (χ0v) is 29.5. The third-order valence-corrected chi connectivity index (χ3v) is 12.0. The molecule has 4 amide bonds. The Balaban J connectivity index is 1.39. The topological polar surface area (TPSA) is 194 Å². The van der Waals surface area contributed by atoms with Crippen molar-refractivity contribution in [2.45, 2.75) is 28.5 Å². The first-order valence-electron chi connectivity index (χ1n) is 16.1. The van der Waals surface area contributed by atoms with Crippen LogP contribution in [-0.2, 0) is 19.2 Å². The highest BCUT2D eigenvalue weighted by Crippen LogP contribution is 2.66. The number of imide groups is 2. The van der Waals surface area contributed by atoms with E-state index in [1.165, 1.54) is 56.4 Å². The molecule has 4 aliphatic rings. The van der Waals surface area contributed by atoms with Gasteiger partial charge in [-0.25, -0.2) is 14.2 Å². The number of methoxy groups -OCH3 is 1. The van der Waals surface area contributed by atoms with Crippen LogP contribution in [0.2, 0.25) is 0 Å². The van der Waals surface area contributed by atoms with Crippen LogP contribution in [0.15, 0.2) is 66.2 Å². The summed E-state index contributed by atoms with van der Waals surface area (Å²) in [6.07, 6.45) is 1.05. The lowest BCUT2D eigenvalue weighted by Crippen LogP contribution is -2.60. The molecule has 15 nitrogen and oxygen atoms in total. The van der Waals surface area contributed by atoms with Crippen molar-refractivity contribution < 1.29 is 43.3 Å². The van der Waals surface area contributed by atoms with Gasteiger partial charge >= 0.3 is 11.4 Å². The number of phenolic OH excluding ortho intramolecular Hbond substituents is 1. The lowest BCUT2D eigenvalue weighted by Gasteiger charge is -2.50. The van der Waals surface area contributed by atoms with E-state index in [-0.39, 0.29) is 34.9 Å². The SMILES string of the molecule is COc1ccc(C2C3=CCC4C(=O)N(c5cc([N+](=O)[O-])c(N(C)C)c([N+](=O)[O-])c5)C(=O)C4C3CC3(Cl)C(=O)N(c4ccc(F)cc4)C(=O)C23Cl)c(O)c1. The number of nitro groups is 2. The van der Waals surface area contributed by atoms with Crippen molar-refractivity contribution >= 4 is 75.3 Å². The standard InChI is InChI=1S/C35H28Cl2FN5O10/c1-39(2)29-24(42(49)50)12-18(13-25(29)43(51)52)40-30(45)22-11-10-20-23(27(22)31(40)46)15-34(36)32(47)41(17-6-4-16(38)5-7-17)33(48)35(34,37)28(20)21-9-8-19(53-3)14-26(21)44/h4-10,12-14,22-23,27-28,44H,11,15H2,1-3H3. The second kappa shape index (κ2) is 12.2. The van der Waals surface area contributed by atoms with Crippen molar-refractivity contribution in [3.63, 3.8) is 0 Å². The first kappa shape index (κ1) is 35.8. The number of hydrogen-bond acceptors (Lipinski definition) is 11. The fraction of sp³-hybridized carbons (Fsp3) is 0.314. The molecule has 7 rings (SSSR count). The molecule has 53 heavy (non-hydrogen) atoms. The van der Waals surface area contributed by atoms with Gasteiger partial charge < -0.3 is 14.7 Å². The zero-order chi connectivity index (χ0) is 38.5. The number of carbonyl (C=O) groups is 4. The minimum Gasteiger partial charge on any atom is -0.508 e. The molecule has 3 aromatic carbocycles. The highest BCUT2D eigenvalue weighted by atomic mass is 35.5. The summed E-state index contributed by atoms with van der Waals surface area (Å²) in [5, 5.41) is 35.5. The van der Waals surface area contributed by atoms with Crippen LogP contribution in [-0.4, -0.2) is 69.5 Å². The second-order valence-corrected chi connectivity index (χ2v) is 14.7. The Kier molecular flexibility index (Phi) is 8.26. The van der Waals surface area contributed by atoms with Gasteiger partial charge in [-0.2, -0.15) is 0 Å². The molecule has 0 aromatic heterocycles. The second-order valence-electron chi connectivity index (χ2n) is 13.4. The summed E-state index contributed by atoms with van der Waals surface area (Å²) in [6.45, 7) is 0. The summed E-state index contributed by atoms with van der Waals surface area (Å²) >= 11 is 14.7. The van der Waals surface area contributed by atoms with Crippen LogP contribution in [0.25, 0.3) is 0 Å². The van der Waals surface area contributed by atoms with E-state index in [1.807, 2.05) is 0 Å². The van der Waals surface area contributed by atoms with E-state index in [0.29, 0.717) is 10.5 Å². The predicted octanol–water partition coefficient (Wildman–Crippen LogP) is 5.19. The maximum absolute atomic E-state index is 14.5. The van der Waals surface area contributed by atoms with E-state index < -0.39 is 96.2 Å².